The van der Waals surface area contributed by atoms with Gasteiger partial charge in [-0.15, -0.1) is 0 Å². The number of benzene rings is 1. The third-order valence-corrected chi connectivity index (χ3v) is 3.81. The van der Waals surface area contributed by atoms with Crippen LogP contribution >= 0.6 is 0 Å². The van der Waals surface area contributed by atoms with Crippen molar-refractivity contribution < 1.29 is 9.47 Å². The fraction of sp³-hybridized carbons (Fsp3) is 0.571. The van der Waals surface area contributed by atoms with Gasteiger partial charge in [-0.2, -0.15) is 0 Å². The number of methoxy groups -OCH3 is 1. The standard InChI is InChI=1S/C14H21NO2/c1-16-12-3-5-13(6-4-12)17-10-9-14(11-15)7-2-8-14/h3-6H,2,7-11,15H2,1H3. The minimum absolute atomic E-state index is 0.368. The Hall–Kier alpha value is -1.22. The molecule has 1 aliphatic rings. The van der Waals surface area contributed by atoms with E-state index in [-0.39, 0.29) is 0 Å². The lowest BCUT2D eigenvalue weighted by atomic mass is 9.67. The average Bonchev–Trinajstić information content (AvgIpc) is 2.33. The van der Waals surface area contributed by atoms with Gasteiger partial charge in [-0.05, 0) is 55.5 Å². The minimum Gasteiger partial charge on any atom is -0.497 e. The molecule has 0 amide bonds. The molecule has 1 fully saturated rings. The molecule has 1 aromatic rings. The second-order valence-electron chi connectivity index (χ2n) is 4.83. The molecule has 0 atom stereocenters. The molecular formula is C14H21NO2. The molecule has 0 heterocycles. The van der Waals surface area contributed by atoms with Crippen LogP contribution in [0.1, 0.15) is 25.7 Å². The molecule has 1 aromatic carbocycles. The van der Waals surface area contributed by atoms with Gasteiger partial charge in [0.2, 0.25) is 0 Å². The molecule has 0 radical (unpaired) electrons. The van der Waals surface area contributed by atoms with Gasteiger partial charge in [-0.1, -0.05) is 6.42 Å². The SMILES string of the molecule is COc1ccc(OCCC2(CN)CCC2)cc1. The monoisotopic (exact) mass is 235 g/mol. The van der Waals surface area contributed by atoms with E-state index in [9.17, 15) is 0 Å². The Kier molecular flexibility index (Phi) is 3.89. The first kappa shape index (κ1) is 12.2. The van der Waals surface area contributed by atoms with Gasteiger partial charge in [-0.3, -0.25) is 0 Å². The van der Waals surface area contributed by atoms with Crippen LogP contribution in [0.3, 0.4) is 0 Å². The molecule has 1 saturated carbocycles. The van der Waals surface area contributed by atoms with E-state index < -0.39 is 0 Å². The summed E-state index contributed by atoms with van der Waals surface area (Å²) < 4.78 is 10.8. The van der Waals surface area contributed by atoms with Crippen molar-refractivity contribution in [2.24, 2.45) is 11.1 Å². The van der Waals surface area contributed by atoms with Crippen LogP contribution < -0.4 is 15.2 Å². The van der Waals surface area contributed by atoms with Crippen LogP contribution in [0.5, 0.6) is 11.5 Å². The first-order chi connectivity index (χ1) is 8.28. The van der Waals surface area contributed by atoms with Gasteiger partial charge >= 0.3 is 0 Å². The summed E-state index contributed by atoms with van der Waals surface area (Å²) in [5.41, 5.74) is 6.18. The molecule has 0 aliphatic heterocycles. The fourth-order valence-electron chi connectivity index (χ4n) is 2.29. The van der Waals surface area contributed by atoms with Gasteiger partial charge in [0.1, 0.15) is 11.5 Å². The number of ether oxygens (including phenoxy) is 2. The summed E-state index contributed by atoms with van der Waals surface area (Å²) in [6, 6.07) is 7.71. The van der Waals surface area contributed by atoms with E-state index in [1.165, 1.54) is 19.3 Å². The van der Waals surface area contributed by atoms with Crippen molar-refractivity contribution in [3.05, 3.63) is 24.3 Å². The zero-order valence-corrected chi connectivity index (χ0v) is 10.4. The lowest BCUT2D eigenvalue weighted by Crippen LogP contribution is -2.38. The Morgan fingerprint density at radius 1 is 1.18 bits per heavy atom. The molecule has 3 heteroatoms. The first-order valence-corrected chi connectivity index (χ1v) is 6.25. The van der Waals surface area contributed by atoms with Crippen LogP contribution in [0.15, 0.2) is 24.3 Å². The number of hydrogen-bond donors (Lipinski definition) is 1. The maximum atomic E-state index is 5.81. The average molecular weight is 235 g/mol. The summed E-state index contributed by atoms with van der Waals surface area (Å²) >= 11 is 0. The highest BCUT2D eigenvalue weighted by atomic mass is 16.5. The Morgan fingerprint density at radius 2 is 1.82 bits per heavy atom. The van der Waals surface area contributed by atoms with E-state index in [0.717, 1.165) is 31.1 Å². The van der Waals surface area contributed by atoms with Crippen LogP contribution in [0.25, 0.3) is 0 Å². The third kappa shape index (κ3) is 2.91. The number of nitrogens with two attached hydrogens (primary N) is 1. The van der Waals surface area contributed by atoms with Gasteiger partial charge < -0.3 is 15.2 Å². The summed E-state index contributed by atoms with van der Waals surface area (Å²) in [4.78, 5) is 0. The second kappa shape index (κ2) is 5.41. The minimum atomic E-state index is 0.368. The van der Waals surface area contributed by atoms with Crippen molar-refractivity contribution >= 4 is 0 Å². The van der Waals surface area contributed by atoms with Gasteiger partial charge in [-0.25, -0.2) is 0 Å². The summed E-state index contributed by atoms with van der Waals surface area (Å²) in [6.45, 7) is 1.54. The van der Waals surface area contributed by atoms with Crippen molar-refractivity contribution in [2.75, 3.05) is 20.3 Å². The number of hydrogen-bond acceptors (Lipinski definition) is 3. The lowest BCUT2D eigenvalue weighted by molar-refractivity contribution is 0.103. The van der Waals surface area contributed by atoms with Crippen molar-refractivity contribution in [3.8, 4) is 11.5 Å². The van der Waals surface area contributed by atoms with Crippen LogP contribution in [0.4, 0.5) is 0 Å². The highest BCUT2D eigenvalue weighted by molar-refractivity contribution is 5.31. The van der Waals surface area contributed by atoms with E-state index in [0.29, 0.717) is 5.41 Å². The molecule has 94 valence electrons. The molecule has 2 N–H and O–H groups in total. The van der Waals surface area contributed by atoms with Gasteiger partial charge in [0.25, 0.3) is 0 Å². The quantitative estimate of drug-likeness (QED) is 0.824. The molecule has 0 spiro atoms. The van der Waals surface area contributed by atoms with E-state index >= 15 is 0 Å². The topological polar surface area (TPSA) is 44.5 Å². The Bertz CT molecular complexity index is 338. The van der Waals surface area contributed by atoms with Crippen LogP contribution in [-0.2, 0) is 0 Å². The van der Waals surface area contributed by atoms with Crippen LogP contribution in [0.2, 0.25) is 0 Å². The van der Waals surface area contributed by atoms with E-state index in [4.69, 9.17) is 15.2 Å². The van der Waals surface area contributed by atoms with E-state index in [1.807, 2.05) is 24.3 Å². The first-order valence-electron chi connectivity index (χ1n) is 6.25. The van der Waals surface area contributed by atoms with Crippen LogP contribution in [-0.4, -0.2) is 20.3 Å². The molecule has 17 heavy (non-hydrogen) atoms. The fourth-order valence-corrected chi connectivity index (χ4v) is 2.29. The third-order valence-electron chi connectivity index (χ3n) is 3.81. The normalized spacial score (nSPS) is 17.3. The Labute approximate surface area is 103 Å². The van der Waals surface area contributed by atoms with Crippen molar-refractivity contribution in [3.63, 3.8) is 0 Å². The molecule has 0 aromatic heterocycles. The zero-order chi connectivity index (χ0) is 12.1. The highest BCUT2D eigenvalue weighted by Crippen LogP contribution is 2.42. The number of rotatable bonds is 6. The summed E-state index contributed by atoms with van der Waals surface area (Å²) in [6.07, 6.45) is 4.90. The van der Waals surface area contributed by atoms with Crippen molar-refractivity contribution in [1.82, 2.24) is 0 Å². The maximum absolute atomic E-state index is 5.81. The Balaban J connectivity index is 1.77. The Morgan fingerprint density at radius 3 is 2.29 bits per heavy atom. The summed E-state index contributed by atoms with van der Waals surface area (Å²) in [5, 5.41) is 0. The second-order valence-corrected chi connectivity index (χ2v) is 4.83. The van der Waals surface area contributed by atoms with Crippen molar-refractivity contribution in [2.45, 2.75) is 25.7 Å². The largest absolute Gasteiger partial charge is 0.497 e. The smallest absolute Gasteiger partial charge is 0.119 e. The maximum Gasteiger partial charge on any atom is 0.119 e. The lowest BCUT2D eigenvalue weighted by Gasteiger charge is -2.40. The molecule has 0 unspecified atom stereocenters. The summed E-state index contributed by atoms with van der Waals surface area (Å²) in [5.74, 6) is 1.76. The van der Waals surface area contributed by atoms with E-state index in [2.05, 4.69) is 0 Å². The molecule has 0 saturated heterocycles. The zero-order valence-electron chi connectivity index (χ0n) is 10.4. The van der Waals surface area contributed by atoms with E-state index in [1.54, 1.807) is 7.11 Å². The summed E-state index contributed by atoms with van der Waals surface area (Å²) in [7, 11) is 1.66. The molecule has 3 nitrogen and oxygen atoms in total. The molecular weight excluding hydrogens is 214 g/mol. The van der Waals surface area contributed by atoms with Gasteiger partial charge in [0, 0.05) is 0 Å². The van der Waals surface area contributed by atoms with Crippen LogP contribution in [0, 0.1) is 5.41 Å². The molecule has 2 rings (SSSR count). The van der Waals surface area contributed by atoms with Gasteiger partial charge in [0.15, 0.2) is 0 Å². The molecule has 1 aliphatic carbocycles. The molecule has 0 bridgehead atoms. The van der Waals surface area contributed by atoms with Crippen molar-refractivity contribution in [1.29, 1.82) is 0 Å². The predicted molar refractivity (Wildman–Crippen MR) is 68.4 cm³/mol. The van der Waals surface area contributed by atoms with Gasteiger partial charge in [0.05, 0.1) is 13.7 Å². The highest BCUT2D eigenvalue weighted by Gasteiger charge is 2.35. The predicted octanol–water partition coefficient (Wildman–Crippen LogP) is 2.59.